The molecule has 1 aliphatic heterocycles. The Morgan fingerprint density at radius 3 is 3.20 bits per heavy atom. The number of hydrogen-bond acceptors (Lipinski definition) is 3. The summed E-state index contributed by atoms with van der Waals surface area (Å²) in [5, 5.41) is 1.13. The van der Waals surface area contributed by atoms with E-state index < -0.39 is 0 Å². The van der Waals surface area contributed by atoms with E-state index in [0.717, 1.165) is 40.3 Å². The number of aromatic nitrogens is 4. The molecule has 0 amide bonds. The van der Waals surface area contributed by atoms with E-state index in [9.17, 15) is 0 Å². The largest absolute Gasteiger partial charge is 0.383 e. The zero-order chi connectivity index (χ0) is 13.3. The van der Waals surface area contributed by atoms with Crippen LogP contribution in [0, 0.1) is 0 Å². The average molecular weight is 263 g/mol. The smallest absolute Gasteiger partial charge is 0.380 e. The second-order valence-corrected chi connectivity index (χ2v) is 5.11. The van der Waals surface area contributed by atoms with Gasteiger partial charge in [-0.15, -0.1) is 4.57 Å². The molecule has 4 aromatic heterocycles. The Morgan fingerprint density at radius 1 is 1.30 bits per heavy atom. The lowest BCUT2D eigenvalue weighted by molar-refractivity contribution is -0.648. The first-order chi connectivity index (χ1) is 9.84. The summed E-state index contributed by atoms with van der Waals surface area (Å²) in [6.45, 7) is 0.805. The van der Waals surface area contributed by atoms with Gasteiger partial charge in [0.25, 0.3) is 11.2 Å². The molecule has 5 nitrogen and oxygen atoms in total. The van der Waals surface area contributed by atoms with Gasteiger partial charge in [0.1, 0.15) is 5.65 Å². The maximum absolute atomic E-state index is 6.11. The number of nitrogens with zero attached hydrogens (tertiary/aromatic N) is 4. The Bertz CT molecular complexity index is 996. The Labute approximate surface area is 114 Å². The third-order valence-electron chi connectivity index (χ3n) is 4.04. The molecule has 0 spiro atoms. The number of pyridine rings is 2. The van der Waals surface area contributed by atoms with Gasteiger partial charge in [-0.3, -0.25) is 9.55 Å². The van der Waals surface area contributed by atoms with Gasteiger partial charge < -0.3 is 4.42 Å². The zero-order valence-corrected chi connectivity index (χ0v) is 10.9. The standard InChI is InChI=1S/C15H11N4O/c1-18-13-11(3-2-5-17-13)12-15(18)20-14-10-4-6-16-7-9(10)8-19(12)14/h2-7H,8H2,1H3/q+1. The first kappa shape index (κ1) is 10.1. The second kappa shape index (κ2) is 3.25. The predicted molar refractivity (Wildman–Crippen MR) is 73.0 cm³/mol. The summed E-state index contributed by atoms with van der Waals surface area (Å²) < 4.78 is 10.3. The molecule has 5 rings (SSSR count). The fourth-order valence-corrected chi connectivity index (χ4v) is 3.13. The van der Waals surface area contributed by atoms with Crippen LogP contribution in [0.2, 0.25) is 0 Å². The Hall–Kier alpha value is -2.69. The highest BCUT2D eigenvalue weighted by atomic mass is 16.4. The molecule has 0 radical (unpaired) electrons. The minimum atomic E-state index is 0.805. The average Bonchev–Trinajstić information content (AvgIpc) is 3.09. The lowest BCUT2D eigenvalue weighted by Gasteiger charge is -1.92. The van der Waals surface area contributed by atoms with E-state index in [1.165, 1.54) is 5.56 Å². The second-order valence-electron chi connectivity index (χ2n) is 5.11. The normalized spacial score (nSPS) is 13.1. The first-order valence-corrected chi connectivity index (χ1v) is 6.53. The van der Waals surface area contributed by atoms with E-state index >= 15 is 0 Å². The van der Waals surface area contributed by atoms with Crippen molar-refractivity contribution >= 4 is 22.3 Å². The summed E-state index contributed by atoms with van der Waals surface area (Å²) in [5.41, 5.74) is 5.27. The van der Waals surface area contributed by atoms with Gasteiger partial charge in [0.2, 0.25) is 0 Å². The van der Waals surface area contributed by atoms with Gasteiger partial charge in [-0.05, 0) is 18.2 Å². The molecule has 0 aliphatic carbocycles. The van der Waals surface area contributed by atoms with Gasteiger partial charge in [0, 0.05) is 25.6 Å². The lowest BCUT2D eigenvalue weighted by atomic mass is 10.2. The van der Waals surface area contributed by atoms with Gasteiger partial charge in [0.15, 0.2) is 6.54 Å². The van der Waals surface area contributed by atoms with E-state index in [2.05, 4.69) is 20.6 Å². The summed E-state index contributed by atoms with van der Waals surface area (Å²) in [4.78, 5) is 8.64. The fourth-order valence-electron chi connectivity index (χ4n) is 3.13. The minimum Gasteiger partial charge on any atom is -0.380 e. The van der Waals surface area contributed by atoms with Crippen molar-refractivity contribution in [3.63, 3.8) is 0 Å². The molecular formula is C15H11N4O+. The predicted octanol–water partition coefficient (Wildman–Crippen LogP) is 2.03. The number of aryl methyl sites for hydroxylation is 1. The van der Waals surface area contributed by atoms with Crippen LogP contribution in [0.1, 0.15) is 5.56 Å². The van der Waals surface area contributed by atoms with E-state index in [0.29, 0.717) is 0 Å². The van der Waals surface area contributed by atoms with Gasteiger partial charge in [-0.2, -0.15) is 0 Å². The Kier molecular flexibility index (Phi) is 1.65. The summed E-state index contributed by atoms with van der Waals surface area (Å²) in [5.74, 6) is 0.911. The molecule has 0 saturated heterocycles. The van der Waals surface area contributed by atoms with Crippen molar-refractivity contribution in [2.75, 3.05) is 0 Å². The van der Waals surface area contributed by atoms with Crippen molar-refractivity contribution < 1.29 is 8.98 Å². The Morgan fingerprint density at radius 2 is 2.25 bits per heavy atom. The highest BCUT2D eigenvalue weighted by Crippen LogP contribution is 2.34. The van der Waals surface area contributed by atoms with Crippen molar-refractivity contribution in [1.29, 1.82) is 0 Å². The number of hydrogen-bond donors (Lipinski definition) is 0. The molecular weight excluding hydrogens is 252 g/mol. The van der Waals surface area contributed by atoms with Crippen LogP contribution >= 0.6 is 0 Å². The molecule has 20 heavy (non-hydrogen) atoms. The lowest BCUT2D eigenvalue weighted by Crippen LogP contribution is -2.30. The topological polar surface area (TPSA) is 47.7 Å². The van der Waals surface area contributed by atoms with Crippen LogP contribution in [0.3, 0.4) is 0 Å². The zero-order valence-electron chi connectivity index (χ0n) is 10.9. The molecule has 4 aromatic rings. The van der Waals surface area contributed by atoms with Gasteiger partial charge >= 0.3 is 5.89 Å². The fraction of sp³-hybridized carbons (Fsp3) is 0.133. The van der Waals surface area contributed by atoms with Crippen molar-refractivity contribution in [3.05, 3.63) is 42.4 Å². The van der Waals surface area contributed by atoms with Crippen LogP contribution < -0.4 is 4.57 Å². The van der Waals surface area contributed by atoms with E-state index in [-0.39, 0.29) is 0 Å². The third-order valence-corrected chi connectivity index (χ3v) is 4.04. The van der Waals surface area contributed by atoms with Crippen molar-refractivity contribution in [2.24, 2.45) is 7.05 Å². The van der Waals surface area contributed by atoms with Crippen molar-refractivity contribution in [1.82, 2.24) is 14.5 Å². The van der Waals surface area contributed by atoms with Gasteiger partial charge in [-0.1, -0.05) is 0 Å². The van der Waals surface area contributed by atoms with Crippen LogP contribution in [0.4, 0.5) is 0 Å². The quantitative estimate of drug-likeness (QED) is 0.402. The molecule has 0 unspecified atom stereocenters. The number of rotatable bonds is 0. The molecule has 0 saturated carbocycles. The van der Waals surface area contributed by atoms with E-state index in [1.807, 2.05) is 36.1 Å². The summed E-state index contributed by atoms with van der Waals surface area (Å²) in [7, 11) is 1.99. The highest BCUT2D eigenvalue weighted by Gasteiger charge is 2.36. The Balaban J connectivity index is 1.97. The molecule has 0 aromatic carbocycles. The van der Waals surface area contributed by atoms with E-state index in [4.69, 9.17) is 4.42 Å². The van der Waals surface area contributed by atoms with Crippen LogP contribution in [-0.4, -0.2) is 14.5 Å². The molecule has 96 valence electrons. The highest BCUT2D eigenvalue weighted by molar-refractivity contribution is 6.00. The molecule has 1 aliphatic rings. The SMILES string of the molecule is Cn1c2ncccc2c2c1oc1[n+]2Cc2cnccc2-1. The van der Waals surface area contributed by atoms with Crippen LogP contribution in [0.5, 0.6) is 0 Å². The molecule has 0 N–H and O–H groups in total. The molecule has 0 fully saturated rings. The van der Waals surface area contributed by atoms with Crippen LogP contribution in [0.15, 0.2) is 41.2 Å². The van der Waals surface area contributed by atoms with Gasteiger partial charge in [-0.25, -0.2) is 4.98 Å². The molecule has 5 heterocycles. The first-order valence-electron chi connectivity index (χ1n) is 6.53. The number of fused-ring (bicyclic) bond motifs is 7. The summed E-state index contributed by atoms with van der Waals surface area (Å²) in [6.07, 6.45) is 5.53. The van der Waals surface area contributed by atoms with Gasteiger partial charge in [0.05, 0.1) is 16.5 Å². The molecule has 5 heteroatoms. The van der Waals surface area contributed by atoms with Crippen molar-refractivity contribution in [2.45, 2.75) is 6.54 Å². The maximum Gasteiger partial charge on any atom is 0.383 e. The maximum atomic E-state index is 6.11. The molecule has 0 bridgehead atoms. The monoisotopic (exact) mass is 263 g/mol. The number of oxazole rings is 1. The third kappa shape index (κ3) is 1.02. The van der Waals surface area contributed by atoms with E-state index in [1.54, 1.807) is 6.20 Å². The summed E-state index contributed by atoms with van der Waals surface area (Å²) >= 11 is 0. The molecule has 0 atom stereocenters. The minimum absolute atomic E-state index is 0.805. The van der Waals surface area contributed by atoms with Crippen molar-refractivity contribution in [3.8, 4) is 11.5 Å². The van der Waals surface area contributed by atoms with Crippen LogP contribution in [-0.2, 0) is 13.6 Å². The van der Waals surface area contributed by atoms with Crippen LogP contribution in [0.25, 0.3) is 33.7 Å². The summed E-state index contributed by atoms with van der Waals surface area (Å²) in [6, 6.07) is 6.07.